The molecule has 0 saturated carbocycles. The van der Waals surface area contributed by atoms with Crippen LogP contribution in [-0.4, -0.2) is 6.54 Å². The molecule has 1 atom stereocenters. The topological polar surface area (TPSA) is 12.0 Å². The number of hydrogen-bond donors (Lipinski definition) is 1. The van der Waals surface area contributed by atoms with Crippen LogP contribution in [0.2, 0.25) is 0 Å². The summed E-state index contributed by atoms with van der Waals surface area (Å²) in [6, 6.07) is 9.55. The van der Waals surface area contributed by atoms with Crippen LogP contribution in [0.3, 0.4) is 0 Å². The Balaban J connectivity index is 2.59. The van der Waals surface area contributed by atoms with Gasteiger partial charge < -0.3 is 5.32 Å². The SMILES string of the molecule is CCNC(c1ccc(F)cc1I)c1c(C)cc(C)cc1C. The zero-order valence-electron chi connectivity index (χ0n) is 12.9. The van der Waals surface area contributed by atoms with E-state index in [0.717, 1.165) is 15.7 Å². The van der Waals surface area contributed by atoms with Gasteiger partial charge in [0.15, 0.2) is 0 Å². The lowest BCUT2D eigenvalue weighted by atomic mass is 9.90. The highest BCUT2D eigenvalue weighted by molar-refractivity contribution is 14.1. The maximum atomic E-state index is 13.4. The van der Waals surface area contributed by atoms with Crippen molar-refractivity contribution in [1.29, 1.82) is 0 Å². The minimum absolute atomic E-state index is 0.100. The van der Waals surface area contributed by atoms with Crippen molar-refractivity contribution in [3.05, 3.63) is 67.5 Å². The molecule has 1 unspecified atom stereocenters. The fraction of sp³-hybridized carbons (Fsp3) is 0.333. The van der Waals surface area contributed by atoms with Crippen LogP contribution in [0.1, 0.15) is 40.8 Å². The summed E-state index contributed by atoms with van der Waals surface area (Å²) in [5, 5.41) is 3.55. The third-order valence-electron chi connectivity index (χ3n) is 3.71. The number of benzene rings is 2. The Hall–Kier alpha value is -0.940. The summed E-state index contributed by atoms with van der Waals surface area (Å²) in [4.78, 5) is 0. The quantitative estimate of drug-likeness (QED) is 0.712. The Bertz CT molecular complexity index is 629. The molecule has 0 bridgehead atoms. The highest BCUT2D eigenvalue weighted by Gasteiger charge is 2.20. The van der Waals surface area contributed by atoms with E-state index in [9.17, 15) is 4.39 Å². The number of aryl methyl sites for hydroxylation is 3. The Morgan fingerprint density at radius 2 is 1.71 bits per heavy atom. The number of nitrogens with one attached hydrogen (secondary N) is 1. The van der Waals surface area contributed by atoms with Gasteiger partial charge in [-0.25, -0.2) is 4.39 Å². The summed E-state index contributed by atoms with van der Waals surface area (Å²) in [6.45, 7) is 9.38. The molecule has 112 valence electrons. The van der Waals surface area contributed by atoms with Gasteiger partial charge in [0.2, 0.25) is 0 Å². The highest BCUT2D eigenvalue weighted by Crippen LogP contribution is 2.31. The van der Waals surface area contributed by atoms with Gasteiger partial charge in [-0.15, -0.1) is 0 Å². The van der Waals surface area contributed by atoms with Crippen molar-refractivity contribution in [2.75, 3.05) is 6.54 Å². The Labute approximate surface area is 140 Å². The first-order valence-electron chi connectivity index (χ1n) is 7.20. The average Bonchev–Trinajstić information content (AvgIpc) is 2.37. The molecule has 0 aliphatic carbocycles. The molecule has 0 amide bonds. The number of rotatable bonds is 4. The highest BCUT2D eigenvalue weighted by atomic mass is 127. The summed E-state index contributed by atoms with van der Waals surface area (Å²) in [5.74, 6) is -0.184. The molecule has 0 heterocycles. The van der Waals surface area contributed by atoms with Gasteiger partial charge in [-0.3, -0.25) is 0 Å². The van der Waals surface area contributed by atoms with E-state index in [1.807, 2.05) is 6.07 Å². The lowest BCUT2D eigenvalue weighted by Gasteiger charge is -2.24. The molecular weight excluding hydrogens is 376 g/mol. The Morgan fingerprint density at radius 1 is 1.10 bits per heavy atom. The predicted molar refractivity (Wildman–Crippen MR) is 95.3 cm³/mol. The second kappa shape index (κ2) is 6.88. The smallest absolute Gasteiger partial charge is 0.124 e. The van der Waals surface area contributed by atoms with E-state index in [2.05, 4.69) is 67.7 Å². The van der Waals surface area contributed by atoms with Gasteiger partial charge in [0.25, 0.3) is 0 Å². The Kier molecular flexibility index (Phi) is 5.38. The average molecular weight is 397 g/mol. The first kappa shape index (κ1) is 16.4. The zero-order chi connectivity index (χ0) is 15.6. The van der Waals surface area contributed by atoms with Crippen LogP contribution in [0.25, 0.3) is 0 Å². The Morgan fingerprint density at radius 3 is 2.24 bits per heavy atom. The molecule has 2 aromatic rings. The van der Waals surface area contributed by atoms with E-state index < -0.39 is 0 Å². The molecule has 0 aliphatic heterocycles. The van der Waals surface area contributed by atoms with Gasteiger partial charge in [-0.2, -0.15) is 0 Å². The monoisotopic (exact) mass is 397 g/mol. The zero-order valence-corrected chi connectivity index (χ0v) is 15.1. The van der Waals surface area contributed by atoms with Crippen molar-refractivity contribution in [1.82, 2.24) is 5.32 Å². The largest absolute Gasteiger partial charge is 0.306 e. The number of halogens is 2. The van der Waals surface area contributed by atoms with Crippen LogP contribution in [0.15, 0.2) is 30.3 Å². The van der Waals surface area contributed by atoms with Gasteiger partial charge in [0.1, 0.15) is 5.82 Å². The minimum Gasteiger partial charge on any atom is -0.306 e. The summed E-state index contributed by atoms with van der Waals surface area (Å²) in [5.41, 5.74) is 6.26. The molecule has 2 aromatic carbocycles. The number of hydrogen-bond acceptors (Lipinski definition) is 1. The summed E-state index contributed by atoms with van der Waals surface area (Å²) >= 11 is 2.22. The standard InChI is InChI=1S/C18H21FIN/c1-5-21-18(15-7-6-14(19)10-16(15)20)17-12(3)8-11(2)9-13(17)4/h6-10,18,21H,5H2,1-4H3. The van der Waals surface area contributed by atoms with E-state index in [0.29, 0.717) is 0 Å². The van der Waals surface area contributed by atoms with E-state index >= 15 is 0 Å². The molecule has 1 N–H and O–H groups in total. The fourth-order valence-electron chi connectivity index (χ4n) is 2.95. The molecule has 21 heavy (non-hydrogen) atoms. The second-order valence-corrected chi connectivity index (χ2v) is 6.63. The molecule has 3 heteroatoms. The summed E-state index contributed by atoms with van der Waals surface area (Å²) in [7, 11) is 0. The van der Waals surface area contributed by atoms with Gasteiger partial charge in [-0.1, -0.05) is 30.7 Å². The summed E-state index contributed by atoms with van der Waals surface area (Å²) in [6.07, 6.45) is 0. The van der Waals surface area contributed by atoms with Crippen LogP contribution in [0.4, 0.5) is 4.39 Å². The van der Waals surface area contributed by atoms with Gasteiger partial charge in [0, 0.05) is 3.57 Å². The van der Waals surface area contributed by atoms with Crippen LogP contribution in [0.5, 0.6) is 0 Å². The van der Waals surface area contributed by atoms with Crippen LogP contribution in [-0.2, 0) is 0 Å². The van der Waals surface area contributed by atoms with E-state index in [1.165, 1.54) is 22.3 Å². The van der Waals surface area contributed by atoms with Crippen LogP contribution in [0, 0.1) is 30.2 Å². The predicted octanol–water partition coefficient (Wildman–Crippen LogP) is 5.05. The third kappa shape index (κ3) is 3.64. The maximum absolute atomic E-state index is 13.4. The van der Waals surface area contributed by atoms with Crippen molar-refractivity contribution in [3.63, 3.8) is 0 Å². The third-order valence-corrected chi connectivity index (χ3v) is 4.64. The molecule has 0 spiro atoms. The molecule has 0 aromatic heterocycles. The molecular formula is C18H21FIN. The van der Waals surface area contributed by atoms with Gasteiger partial charge in [0.05, 0.1) is 6.04 Å². The lowest BCUT2D eigenvalue weighted by molar-refractivity contribution is 0.607. The lowest BCUT2D eigenvalue weighted by Crippen LogP contribution is -2.24. The molecule has 0 fully saturated rings. The molecule has 0 aliphatic rings. The molecule has 2 rings (SSSR count). The maximum Gasteiger partial charge on any atom is 0.124 e. The van der Waals surface area contributed by atoms with Gasteiger partial charge >= 0.3 is 0 Å². The van der Waals surface area contributed by atoms with Crippen molar-refractivity contribution >= 4 is 22.6 Å². The minimum atomic E-state index is -0.184. The van der Waals surface area contributed by atoms with E-state index in [4.69, 9.17) is 0 Å². The molecule has 0 saturated heterocycles. The second-order valence-electron chi connectivity index (χ2n) is 5.47. The van der Waals surface area contributed by atoms with Crippen molar-refractivity contribution in [2.45, 2.75) is 33.7 Å². The first-order valence-corrected chi connectivity index (χ1v) is 8.28. The first-order chi connectivity index (χ1) is 9.93. The van der Waals surface area contributed by atoms with Crippen molar-refractivity contribution in [3.8, 4) is 0 Å². The van der Waals surface area contributed by atoms with Gasteiger partial charge in [-0.05, 0) is 84.3 Å². The fourth-order valence-corrected chi connectivity index (χ4v) is 3.74. The van der Waals surface area contributed by atoms with Crippen molar-refractivity contribution in [2.24, 2.45) is 0 Å². The van der Waals surface area contributed by atoms with Crippen LogP contribution >= 0.6 is 22.6 Å². The van der Waals surface area contributed by atoms with E-state index in [1.54, 1.807) is 12.1 Å². The molecule has 1 nitrogen and oxygen atoms in total. The molecule has 0 radical (unpaired) electrons. The van der Waals surface area contributed by atoms with Crippen LogP contribution < -0.4 is 5.32 Å². The normalized spacial score (nSPS) is 12.5. The van der Waals surface area contributed by atoms with Crippen molar-refractivity contribution < 1.29 is 4.39 Å². The summed E-state index contributed by atoms with van der Waals surface area (Å²) < 4.78 is 14.3. The van der Waals surface area contributed by atoms with E-state index in [-0.39, 0.29) is 11.9 Å².